The minimum absolute atomic E-state index is 0.260. The lowest BCUT2D eigenvalue weighted by Gasteiger charge is -2.07. The monoisotopic (exact) mass is 388 g/mol. The molecule has 0 aliphatic carbocycles. The van der Waals surface area contributed by atoms with E-state index in [4.69, 9.17) is 0 Å². The third kappa shape index (κ3) is 2.95. The number of carbonyl (C=O) groups excluding carboxylic acids is 1. The summed E-state index contributed by atoms with van der Waals surface area (Å²) in [5.41, 5.74) is 0.728. The van der Waals surface area contributed by atoms with Crippen molar-refractivity contribution in [1.82, 2.24) is 9.78 Å². The Bertz CT molecular complexity index is 625. The van der Waals surface area contributed by atoms with Crippen LogP contribution in [0.4, 0.5) is 4.39 Å². The molecule has 0 spiro atoms. The number of rotatable bonds is 4. The molecule has 0 radical (unpaired) electrons. The van der Waals surface area contributed by atoms with Crippen molar-refractivity contribution in [2.45, 2.75) is 19.9 Å². The van der Waals surface area contributed by atoms with Gasteiger partial charge in [0, 0.05) is 16.6 Å². The zero-order valence-corrected chi connectivity index (χ0v) is 13.3. The molecule has 0 aliphatic heterocycles. The number of aromatic nitrogens is 2. The van der Waals surface area contributed by atoms with Crippen LogP contribution in [0.1, 0.15) is 29.4 Å². The first-order valence-electron chi connectivity index (χ1n) is 5.75. The lowest BCUT2D eigenvalue weighted by Crippen LogP contribution is -2.12. The third-order valence-electron chi connectivity index (χ3n) is 2.62. The van der Waals surface area contributed by atoms with Crippen molar-refractivity contribution >= 4 is 37.6 Å². The Labute approximate surface area is 127 Å². The van der Waals surface area contributed by atoms with E-state index >= 15 is 0 Å². The predicted octanol–water partition coefficient (Wildman–Crippen LogP) is 4.19. The number of hydrogen-bond donors (Lipinski definition) is 0. The molecule has 0 bridgehead atoms. The standard InChI is InChI=1S/C13H11Br2FN2O/c1-2-5-18-12(11(15)7-17-18)13(19)9-6-8(16)3-4-10(9)14/h3-4,6-7H,2,5H2,1H3. The van der Waals surface area contributed by atoms with Gasteiger partial charge in [0.1, 0.15) is 11.5 Å². The molecule has 1 heterocycles. The number of nitrogens with zero attached hydrogens (tertiary/aromatic N) is 2. The second kappa shape index (κ2) is 5.96. The summed E-state index contributed by atoms with van der Waals surface area (Å²) in [6.07, 6.45) is 2.44. The average molecular weight is 390 g/mol. The summed E-state index contributed by atoms with van der Waals surface area (Å²) >= 11 is 6.59. The van der Waals surface area contributed by atoms with Crippen molar-refractivity contribution in [1.29, 1.82) is 0 Å². The minimum Gasteiger partial charge on any atom is -0.287 e. The highest BCUT2D eigenvalue weighted by molar-refractivity contribution is 9.10. The number of ketones is 1. The Balaban J connectivity index is 2.49. The molecule has 0 unspecified atom stereocenters. The second-order valence-corrected chi connectivity index (χ2v) is 5.73. The van der Waals surface area contributed by atoms with E-state index in [1.54, 1.807) is 10.9 Å². The van der Waals surface area contributed by atoms with E-state index in [-0.39, 0.29) is 5.78 Å². The summed E-state index contributed by atoms with van der Waals surface area (Å²) in [6.45, 7) is 2.64. The van der Waals surface area contributed by atoms with Crippen molar-refractivity contribution in [3.05, 3.63) is 50.4 Å². The largest absolute Gasteiger partial charge is 0.287 e. The van der Waals surface area contributed by atoms with Crippen LogP contribution in [0.3, 0.4) is 0 Å². The van der Waals surface area contributed by atoms with Gasteiger partial charge in [0.25, 0.3) is 0 Å². The highest BCUT2D eigenvalue weighted by Crippen LogP contribution is 2.25. The normalized spacial score (nSPS) is 10.7. The molecule has 2 aromatic rings. The molecule has 2 rings (SSSR count). The first kappa shape index (κ1) is 14.4. The molecule has 6 heteroatoms. The Kier molecular flexibility index (Phi) is 4.52. The Morgan fingerprint density at radius 3 is 2.79 bits per heavy atom. The maximum atomic E-state index is 13.3. The van der Waals surface area contributed by atoms with Crippen LogP contribution in [0.5, 0.6) is 0 Å². The first-order chi connectivity index (χ1) is 9.04. The van der Waals surface area contributed by atoms with E-state index in [1.807, 2.05) is 6.92 Å². The molecule has 1 aromatic carbocycles. The summed E-state index contributed by atoms with van der Waals surface area (Å²) in [4.78, 5) is 12.5. The van der Waals surface area contributed by atoms with E-state index in [1.165, 1.54) is 18.2 Å². The minimum atomic E-state index is -0.441. The van der Waals surface area contributed by atoms with Gasteiger partial charge in [0.05, 0.1) is 10.7 Å². The van der Waals surface area contributed by atoms with Crippen LogP contribution in [0.15, 0.2) is 33.3 Å². The van der Waals surface area contributed by atoms with Gasteiger partial charge in [-0.25, -0.2) is 4.39 Å². The van der Waals surface area contributed by atoms with Gasteiger partial charge in [-0.3, -0.25) is 9.48 Å². The van der Waals surface area contributed by atoms with Crippen LogP contribution in [-0.4, -0.2) is 15.6 Å². The Morgan fingerprint density at radius 1 is 1.37 bits per heavy atom. The van der Waals surface area contributed by atoms with E-state index in [9.17, 15) is 9.18 Å². The Hall–Kier alpha value is -1.01. The number of aryl methyl sites for hydroxylation is 1. The van der Waals surface area contributed by atoms with Gasteiger partial charge in [-0.2, -0.15) is 5.10 Å². The molecule has 0 aliphatic rings. The third-order valence-corrected chi connectivity index (χ3v) is 3.89. The number of benzene rings is 1. The molecule has 0 N–H and O–H groups in total. The van der Waals surface area contributed by atoms with Crippen molar-refractivity contribution in [3.8, 4) is 0 Å². The lowest BCUT2D eigenvalue weighted by atomic mass is 10.1. The molecule has 100 valence electrons. The van der Waals surface area contributed by atoms with Crippen LogP contribution < -0.4 is 0 Å². The summed E-state index contributed by atoms with van der Waals surface area (Å²) in [5, 5.41) is 4.14. The average Bonchev–Trinajstić information content (AvgIpc) is 2.73. The maximum Gasteiger partial charge on any atom is 0.213 e. The molecule has 0 atom stereocenters. The van der Waals surface area contributed by atoms with Crippen molar-refractivity contribution < 1.29 is 9.18 Å². The summed E-state index contributed by atoms with van der Waals surface area (Å²) < 4.78 is 16.1. The van der Waals surface area contributed by atoms with E-state index in [2.05, 4.69) is 37.0 Å². The zero-order chi connectivity index (χ0) is 14.0. The summed E-state index contributed by atoms with van der Waals surface area (Å²) in [6, 6.07) is 4.05. The van der Waals surface area contributed by atoms with Gasteiger partial charge < -0.3 is 0 Å². The van der Waals surface area contributed by atoms with E-state index in [0.717, 1.165) is 6.42 Å². The van der Waals surface area contributed by atoms with Crippen LogP contribution in [0.2, 0.25) is 0 Å². The van der Waals surface area contributed by atoms with Crippen LogP contribution in [-0.2, 0) is 6.54 Å². The zero-order valence-electron chi connectivity index (χ0n) is 10.2. The van der Waals surface area contributed by atoms with Crippen LogP contribution >= 0.6 is 31.9 Å². The molecule has 1 aromatic heterocycles. The molecule has 0 amide bonds. The number of carbonyl (C=O) groups is 1. The number of hydrogen-bond acceptors (Lipinski definition) is 2. The quantitative estimate of drug-likeness (QED) is 0.735. The fourth-order valence-electron chi connectivity index (χ4n) is 1.77. The topological polar surface area (TPSA) is 34.9 Å². The molecular weight excluding hydrogens is 379 g/mol. The fraction of sp³-hybridized carbons (Fsp3) is 0.231. The van der Waals surface area contributed by atoms with Crippen molar-refractivity contribution in [3.63, 3.8) is 0 Å². The molecule has 0 saturated heterocycles. The van der Waals surface area contributed by atoms with Crippen LogP contribution in [0.25, 0.3) is 0 Å². The Morgan fingerprint density at radius 2 is 2.11 bits per heavy atom. The summed E-state index contributed by atoms with van der Waals surface area (Å²) in [5.74, 6) is -0.701. The molecule has 0 fully saturated rings. The van der Waals surface area contributed by atoms with E-state index < -0.39 is 5.82 Å². The van der Waals surface area contributed by atoms with Crippen molar-refractivity contribution in [2.75, 3.05) is 0 Å². The van der Waals surface area contributed by atoms with Gasteiger partial charge in [-0.1, -0.05) is 22.9 Å². The highest BCUT2D eigenvalue weighted by atomic mass is 79.9. The van der Waals surface area contributed by atoms with Gasteiger partial charge in [-0.05, 0) is 40.5 Å². The van der Waals surface area contributed by atoms with Gasteiger partial charge in [0.2, 0.25) is 5.78 Å². The highest BCUT2D eigenvalue weighted by Gasteiger charge is 2.21. The second-order valence-electron chi connectivity index (χ2n) is 4.02. The SMILES string of the molecule is CCCn1ncc(Br)c1C(=O)c1cc(F)ccc1Br. The molecule has 19 heavy (non-hydrogen) atoms. The lowest BCUT2D eigenvalue weighted by molar-refractivity contribution is 0.102. The van der Waals surface area contributed by atoms with E-state index in [0.29, 0.717) is 26.7 Å². The van der Waals surface area contributed by atoms with Gasteiger partial charge in [-0.15, -0.1) is 0 Å². The van der Waals surface area contributed by atoms with Crippen LogP contribution in [0, 0.1) is 5.82 Å². The molecular formula is C13H11Br2FN2O. The smallest absolute Gasteiger partial charge is 0.213 e. The van der Waals surface area contributed by atoms with Crippen molar-refractivity contribution in [2.24, 2.45) is 0 Å². The van der Waals surface area contributed by atoms with Gasteiger partial charge >= 0.3 is 0 Å². The summed E-state index contributed by atoms with van der Waals surface area (Å²) in [7, 11) is 0. The predicted molar refractivity (Wildman–Crippen MR) is 77.8 cm³/mol. The maximum absolute atomic E-state index is 13.3. The fourth-order valence-corrected chi connectivity index (χ4v) is 2.67. The molecule has 3 nitrogen and oxygen atoms in total. The van der Waals surface area contributed by atoms with Gasteiger partial charge in [0.15, 0.2) is 0 Å². The molecule has 0 saturated carbocycles. The first-order valence-corrected chi connectivity index (χ1v) is 7.34. The number of halogens is 3.